The van der Waals surface area contributed by atoms with Gasteiger partial charge in [-0.05, 0) is 19.1 Å². The topological polar surface area (TPSA) is 78.9 Å². The van der Waals surface area contributed by atoms with Crippen molar-refractivity contribution in [2.24, 2.45) is 4.99 Å². The lowest BCUT2D eigenvalue weighted by Gasteiger charge is -2.06. The van der Waals surface area contributed by atoms with Crippen molar-refractivity contribution in [1.82, 2.24) is 4.98 Å². The predicted octanol–water partition coefficient (Wildman–Crippen LogP) is 1.80. The molecule has 2 N–H and O–H groups in total. The minimum Gasteiger partial charge on any atom is -0.505 e. The SMILES string of the molecule is Cc1ncc(CO)c(C=NCc2ccco2)c1O. The second kappa shape index (κ2) is 5.46. The zero-order valence-corrected chi connectivity index (χ0v) is 10.00. The van der Waals surface area contributed by atoms with Gasteiger partial charge in [0.25, 0.3) is 0 Å². The van der Waals surface area contributed by atoms with Crippen molar-refractivity contribution in [3.63, 3.8) is 0 Å². The van der Waals surface area contributed by atoms with Crippen LogP contribution in [0.4, 0.5) is 0 Å². The molecule has 2 aromatic rings. The lowest BCUT2D eigenvalue weighted by molar-refractivity contribution is 0.280. The molecule has 0 unspecified atom stereocenters. The number of aliphatic hydroxyl groups excluding tert-OH is 1. The van der Waals surface area contributed by atoms with E-state index in [-0.39, 0.29) is 12.4 Å². The minimum atomic E-state index is -0.192. The molecule has 5 nitrogen and oxygen atoms in total. The Labute approximate surface area is 104 Å². The highest BCUT2D eigenvalue weighted by Gasteiger charge is 2.08. The van der Waals surface area contributed by atoms with Crippen LogP contribution in [0.2, 0.25) is 0 Å². The first-order valence-corrected chi connectivity index (χ1v) is 5.53. The van der Waals surface area contributed by atoms with Gasteiger partial charge in [0, 0.05) is 23.5 Å². The molecule has 0 aliphatic heterocycles. The average Bonchev–Trinajstić information content (AvgIpc) is 2.88. The highest BCUT2D eigenvalue weighted by Crippen LogP contribution is 2.22. The van der Waals surface area contributed by atoms with Crippen LogP contribution in [0.3, 0.4) is 0 Å². The molecule has 94 valence electrons. The van der Waals surface area contributed by atoms with Gasteiger partial charge < -0.3 is 14.6 Å². The van der Waals surface area contributed by atoms with Gasteiger partial charge in [0.2, 0.25) is 0 Å². The van der Waals surface area contributed by atoms with Crippen molar-refractivity contribution in [1.29, 1.82) is 0 Å². The molecule has 0 amide bonds. The molecule has 0 radical (unpaired) electrons. The molecular formula is C13H14N2O3. The van der Waals surface area contributed by atoms with Crippen molar-refractivity contribution < 1.29 is 14.6 Å². The quantitative estimate of drug-likeness (QED) is 0.806. The summed E-state index contributed by atoms with van der Waals surface area (Å²) in [6.07, 6.45) is 4.64. The summed E-state index contributed by atoms with van der Waals surface area (Å²) in [4.78, 5) is 8.15. The fraction of sp³-hybridized carbons (Fsp3) is 0.231. The van der Waals surface area contributed by atoms with Crippen LogP contribution in [0.15, 0.2) is 34.0 Å². The van der Waals surface area contributed by atoms with Crippen molar-refractivity contribution in [2.75, 3.05) is 0 Å². The van der Waals surface area contributed by atoms with E-state index < -0.39 is 0 Å². The molecule has 0 atom stereocenters. The van der Waals surface area contributed by atoms with E-state index in [0.29, 0.717) is 23.4 Å². The summed E-state index contributed by atoms with van der Waals surface area (Å²) in [7, 11) is 0. The Morgan fingerprint density at radius 3 is 3.00 bits per heavy atom. The van der Waals surface area contributed by atoms with E-state index in [0.717, 1.165) is 5.76 Å². The first kappa shape index (κ1) is 12.3. The van der Waals surface area contributed by atoms with Gasteiger partial charge >= 0.3 is 0 Å². The number of rotatable bonds is 4. The maximum atomic E-state index is 9.88. The molecule has 0 aliphatic rings. The minimum absolute atomic E-state index is 0.0461. The molecule has 0 spiro atoms. The summed E-state index contributed by atoms with van der Waals surface area (Å²) in [5.74, 6) is 0.784. The number of nitrogens with zero attached hydrogens (tertiary/aromatic N) is 2. The van der Waals surface area contributed by atoms with E-state index in [1.165, 1.54) is 12.4 Å². The monoisotopic (exact) mass is 246 g/mol. The molecule has 0 aliphatic carbocycles. The lowest BCUT2D eigenvalue weighted by Crippen LogP contribution is -1.98. The third kappa shape index (κ3) is 2.57. The number of aromatic hydroxyl groups is 1. The first-order chi connectivity index (χ1) is 8.72. The van der Waals surface area contributed by atoms with Crippen LogP contribution in [0.1, 0.15) is 22.6 Å². The van der Waals surface area contributed by atoms with Gasteiger partial charge in [-0.25, -0.2) is 0 Å². The smallest absolute Gasteiger partial charge is 0.145 e. The highest BCUT2D eigenvalue weighted by molar-refractivity contribution is 5.85. The van der Waals surface area contributed by atoms with Crippen LogP contribution >= 0.6 is 0 Å². The number of aromatic nitrogens is 1. The van der Waals surface area contributed by atoms with E-state index >= 15 is 0 Å². The molecule has 18 heavy (non-hydrogen) atoms. The summed E-state index contributed by atoms with van der Waals surface area (Å²) in [5.41, 5.74) is 1.55. The van der Waals surface area contributed by atoms with Crippen molar-refractivity contribution in [2.45, 2.75) is 20.1 Å². The average molecular weight is 246 g/mol. The standard InChI is InChI=1S/C13H14N2O3/c1-9-13(17)12(10(8-16)5-15-9)7-14-6-11-3-2-4-18-11/h2-5,7,16-17H,6,8H2,1H3. The van der Waals surface area contributed by atoms with Crippen molar-refractivity contribution >= 4 is 6.21 Å². The van der Waals surface area contributed by atoms with Crippen LogP contribution in [0.25, 0.3) is 0 Å². The van der Waals surface area contributed by atoms with E-state index in [2.05, 4.69) is 9.98 Å². The van der Waals surface area contributed by atoms with Gasteiger partial charge in [0.1, 0.15) is 11.5 Å². The summed E-state index contributed by atoms with van der Waals surface area (Å²) >= 11 is 0. The van der Waals surface area contributed by atoms with Crippen molar-refractivity contribution in [3.05, 3.63) is 47.2 Å². The van der Waals surface area contributed by atoms with Gasteiger partial charge in [-0.2, -0.15) is 0 Å². The maximum absolute atomic E-state index is 9.88. The Morgan fingerprint density at radius 2 is 2.33 bits per heavy atom. The van der Waals surface area contributed by atoms with Crippen LogP contribution in [-0.4, -0.2) is 21.4 Å². The van der Waals surface area contributed by atoms with E-state index in [9.17, 15) is 10.2 Å². The number of aryl methyl sites for hydroxylation is 1. The number of hydrogen-bond donors (Lipinski definition) is 2. The van der Waals surface area contributed by atoms with Gasteiger partial charge in [0.15, 0.2) is 0 Å². The number of aliphatic hydroxyl groups is 1. The second-order valence-corrected chi connectivity index (χ2v) is 3.84. The molecule has 2 aromatic heterocycles. The molecule has 0 bridgehead atoms. The van der Waals surface area contributed by atoms with E-state index in [4.69, 9.17) is 4.42 Å². The summed E-state index contributed by atoms with van der Waals surface area (Å²) < 4.78 is 5.14. The molecule has 5 heteroatoms. The zero-order valence-electron chi connectivity index (χ0n) is 10.00. The van der Waals surface area contributed by atoms with Gasteiger partial charge in [-0.3, -0.25) is 9.98 Å². The summed E-state index contributed by atoms with van der Waals surface area (Å²) in [6, 6.07) is 3.61. The van der Waals surface area contributed by atoms with Crippen LogP contribution in [0.5, 0.6) is 5.75 Å². The number of furan rings is 1. The fourth-order valence-electron chi connectivity index (χ4n) is 1.55. The maximum Gasteiger partial charge on any atom is 0.145 e. The van der Waals surface area contributed by atoms with E-state index in [1.807, 2.05) is 6.07 Å². The molecule has 0 aromatic carbocycles. The third-order valence-corrected chi connectivity index (χ3v) is 2.58. The Balaban J connectivity index is 2.22. The first-order valence-electron chi connectivity index (χ1n) is 5.53. The molecular weight excluding hydrogens is 232 g/mol. The van der Waals surface area contributed by atoms with Gasteiger partial charge in [-0.1, -0.05) is 0 Å². The molecule has 0 saturated carbocycles. The van der Waals surface area contributed by atoms with Crippen molar-refractivity contribution in [3.8, 4) is 5.75 Å². The number of hydrogen-bond acceptors (Lipinski definition) is 5. The largest absolute Gasteiger partial charge is 0.505 e. The lowest BCUT2D eigenvalue weighted by atomic mass is 10.1. The predicted molar refractivity (Wildman–Crippen MR) is 66.6 cm³/mol. The van der Waals surface area contributed by atoms with Crippen LogP contribution in [0, 0.1) is 6.92 Å². The van der Waals surface area contributed by atoms with Crippen LogP contribution < -0.4 is 0 Å². The Morgan fingerprint density at radius 1 is 1.50 bits per heavy atom. The molecule has 0 fully saturated rings. The molecule has 2 heterocycles. The van der Waals surface area contributed by atoms with Gasteiger partial charge in [0.05, 0.1) is 25.1 Å². The summed E-state index contributed by atoms with van der Waals surface area (Å²) in [5, 5.41) is 19.1. The van der Waals surface area contributed by atoms with E-state index in [1.54, 1.807) is 19.3 Å². The second-order valence-electron chi connectivity index (χ2n) is 3.84. The Kier molecular flexibility index (Phi) is 3.74. The molecule has 2 rings (SSSR count). The van der Waals surface area contributed by atoms with Crippen LogP contribution in [-0.2, 0) is 13.2 Å². The van der Waals surface area contributed by atoms with Gasteiger partial charge in [-0.15, -0.1) is 0 Å². The normalized spacial score (nSPS) is 11.2. The molecule has 0 saturated heterocycles. The number of pyridine rings is 1. The third-order valence-electron chi connectivity index (χ3n) is 2.58. The number of aliphatic imine (C=N–C) groups is 1. The zero-order chi connectivity index (χ0) is 13.0. The Bertz CT molecular complexity index is 548. The summed E-state index contributed by atoms with van der Waals surface area (Å²) in [6.45, 7) is 1.89. The Hall–Kier alpha value is -2.14. The fourth-order valence-corrected chi connectivity index (χ4v) is 1.55. The highest BCUT2D eigenvalue weighted by atomic mass is 16.3.